The van der Waals surface area contributed by atoms with Crippen LogP contribution in [0.4, 0.5) is 5.69 Å². The first-order chi connectivity index (χ1) is 13.7. The molecule has 7 nitrogen and oxygen atoms in total. The van der Waals surface area contributed by atoms with Crippen LogP contribution in [0.5, 0.6) is 0 Å². The zero-order valence-electron chi connectivity index (χ0n) is 17.3. The normalized spacial score (nSPS) is 12.0. The number of benzene rings is 1. The highest BCUT2D eigenvalue weighted by atomic mass is 16.2. The molecule has 0 saturated carbocycles. The molecule has 2 aromatic rings. The fourth-order valence-corrected chi connectivity index (χ4v) is 2.58. The number of aromatic nitrogens is 1. The maximum atomic E-state index is 12.3. The number of hydrogen-bond donors (Lipinski definition) is 3. The Morgan fingerprint density at radius 1 is 1.07 bits per heavy atom. The molecule has 2 rings (SSSR count). The predicted octanol–water partition coefficient (Wildman–Crippen LogP) is 2.64. The van der Waals surface area contributed by atoms with Crippen LogP contribution in [0, 0.1) is 0 Å². The molecular formula is C22H28N4O3. The fraction of sp³-hybridized carbons (Fsp3) is 0.364. The van der Waals surface area contributed by atoms with Crippen molar-refractivity contribution in [1.82, 2.24) is 15.6 Å². The molecule has 0 aliphatic carbocycles. The summed E-state index contributed by atoms with van der Waals surface area (Å²) < 4.78 is 0. The highest BCUT2D eigenvalue weighted by Crippen LogP contribution is 2.22. The third kappa shape index (κ3) is 7.03. The monoisotopic (exact) mass is 396 g/mol. The van der Waals surface area contributed by atoms with Gasteiger partial charge < -0.3 is 16.0 Å². The highest BCUT2D eigenvalue weighted by Gasteiger charge is 2.18. The van der Waals surface area contributed by atoms with Crippen molar-refractivity contribution in [2.75, 3.05) is 11.9 Å². The third-order valence-corrected chi connectivity index (χ3v) is 4.35. The van der Waals surface area contributed by atoms with Crippen molar-refractivity contribution < 1.29 is 14.4 Å². The Morgan fingerprint density at radius 2 is 1.76 bits per heavy atom. The smallest absolute Gasteiger partial charge is 0.251 e. The van der Waals surface area contributed by atoms with Crippen molar-refractivity contribution in [2.24, 2.45) is 0 Å². The van der Waals surface area contributed by atoms with Gasteiger partial charge in [-0.15, -0.1) is 0 Å². The molecule has 0 saturated heterocycles. The fourth-order valence-electron chi connectivity index (χ4n) is 2.58. The van der Waals surface area contributed by atoms with Crippen LogP contribution in [0.2, 0.25) is 0 Å². The lowest BCUT2D eigenvalue weighted by Gasteiger charge is -2.19. The van der Waals surface area contributed by atoms with Gasteiger partial charge in [-0.25, -0.2) is 0 Å². The molecule has 1 unspecified atom stereocenters. The molecule has 1 aromatic carbocycles. The molecule has 1 heterocycles. The molecule has 0 fully saturated rings. The number of pyridine rings is 1. The number of rotatable bonds is 7. The molecule has 1 aromatic heterocycles. The molecule has 0 aliphatic heterocycles. The first-order valence-corrected chi connectivity index (χ1v) is 9.56. The summed E-state index contributed by atoms with van der Waals surface area (Å²) in [6, 6.07) is 10.1. The molecule has 1 atom stereocenters. The van der Waals surface area contributed by atoms with E-state index in [1.807, 2.05) is 12.1 Å². The van der Waals surface area contributed by atoms with Gasteiger partial charge in [0.1, 0.15) is 6.04 Å². The van der Waals surface area contributed by atoms with Gasteiger partial charge in [0.2, 0.25) is 11.8 Å². The van der Waals surface area contributed by atoms with Crippen molar-refractivity contribution in [3.8, 4) is 0 Å². The van der Waals surface area contributed by atoms with E-state index in [-0.39, 0.29) is 36.1 Å². The van der Waals surface area contributed by atoms with E-state index in [1.165, 1.54) is 0 Å². The zero-order chi connectivity index (χ0) is 21.4. The lowest BCUT2D eigenvalue weighted by Crippen LogP contribution is -2.45. The molecule has 0 spiro atoms. The lowest BCUT2D eigenvalue weighted by molar-refractivity contribution is -0.122. The first kappa shape index (κ1) is 22.1. The Bertz CT molecular complexity index is 843. The number of carbonyl (C=O) groups excluding carboxylic acids is 3. The molecule has 3 amide bonds. The summed E-state index contributed by atoms with van der Waals surface area (Å²) in [5.41, 5.74) is 2.23. The van der Waals surface area contributed by atoms with Crippen molar-refractivity contribution in [3.05, 3.63) is 59.9 Å². The summed E-state index contributed by atoms with van der Waals surface area (Å²) in [4.78, 5) is 40.3. The van der Waals surface area contributed by atoms with E-state index in [1.54, 1.807) is 43.6 Å². The molecule has 0 aliphatic rings. The Kier molecular flexibility index (Phi) is 7.47. The molecule has 154 valence electrons. The standard InChI is InChI=1S/C22H28N4O3/c1-15(25-21(29)16-7-9-17(10-8-16)22(2,3)4)20(28)24-13-11-19(27)26-18-6-5-12-23-14-18/h5-10,12,14-15H,11,13H2,1-4H3,(H,24,28)(H,25,29)(H,26,27). The van der Waals surface area contributed by atoms with E-state index in [9.17, 15) is 14.4 Å². The van der Waals surface area contributed by atoms with Gasteiger partial charge in [0, 0.05) is 24.7 Å². The van der Waals surface area contributed by atoms with E-state index < -0.39 is 6.04 Å². The Hall–Kier alpha value is -3.22. The number of carbonyl (C=O) groups is 3. The topological polar surface area (TPSA) is 100 Å². The van der Waals surface area contributed by atoms with Crippen molar-refractivity contribution >= 4 is 23.4 Å². The second kappa shape index (κ2) is 9.82. The van der Waals surface area contributed by atoms with Crippen LogP contribution in [0.15, 0.2) is 48.8 Å². The van der Waals surface area contributed by atoms with E-state index >= 15 is 0 Å². The second-order valence-corrected chi connectivity index (χ2v) is 7.85. The van der Waals surface area contributed by atoms with E-state index in [0.29, 0.717) is 11.3 Å². The largest absolute Gasteiger partial charge is 0.354 e. The van der Waals surface area contributed by atoms with Crippen LogP contribution in [-0.4, -0.2) is 35.3 Å². The van der Waals surface area contributed by atoms with Crippen molar-refractivity contribution in [1.29, 1.82) is 0 Å². The van der Waals surface area contributed by atoms with Gasteiger partial charge in [0.15, 0.2) is 0 Å². The van der Waals surface area contributed by atoms with Gasteiger partial charge in [-0.2, -0.15) is 0 Å². The van der Waals surface area contributed by atoms with Crippen molar-refractivity contribution in [3.63, 3.8) is 0 Å². The van der Waals surface area contributed by atoms with E-state index in [0.717, 1.165) is 5.56 Å². The van der Waals surface area contributed by atoms with Gasteiger partial charge in [0.05, 0.1) is 11.9 Å². The molecule has 7 heteroatoms. The van der Waals surface area contributed by atoms with Gasteiger partial charge in [-0.1, -0.05) is 32.9 Å². The van der Waals surface area contributed by atoms with Crippen LogP contribution >= 0.6 is 0 Å². The zero-order valence-corrected chi connectivity index (χ0v) is 17.3. The van der Waals surface area contributed by atoms with Gasteiger partial charge in [0.25, 0.3) is 5.91 Å². The van der Waals surface area contributed by atoms with Crippen LogP contribution < -0.4 is 16.0 Å². The maximum absolute atomic E-state index is 12.3. The van der Waals surface area contributed by atoms with Crippen LogP contribution in [0.25, 0.3) is 0 Å². The average Bonchev–Trinajstić information content (AvgIpc) is 2.68. The second-order valence-electron chi connectivity index (χ2n) is 7.85. The molecule has 29 heavy (non-hydrogen) atoms. The summed E-state index contributed by atoms with van der Waals surface area (Å²) >= 11 is 0. The summed E-state index contributed by atoms with van der Waals surface area (Å²) in [6.45, 7) is 8.08. The van der Waals surface area contributed by atoms with Crippen LogP contribution in [0.3, 0.4) is 0 Å². The quantitative estimate of drug-likeness (QED) is 0.670. The van der Waals surface area contributed by atoms with Gasteiger partial charge in [-0.3, -0.25) is 19.4 Å². The number of nitrogens with zero attached hydrogens (tertiary/aromatic N) is 1. The van der Waals surface area contributed by atoms with Crippen LogP contribution in [-0.2, 0) is 15.0 Å². The number of hydrogen-bond acceptors (Lipinski definition) is 4. The van der Waals surface area contributed by atoms with Gasteiger partial charge >= 0.3 is 0 Å². The first-order valence-electron chi connectivity index (χ1n) is 9.56. The minimum absolute atomic E-state index is 0.00545. The van der Waals surface area contributed by atoms with Gasteiger partial charge in [-0.05, 0) is 42.2 Å². The molecule has 3 N–H and O–H groups in total. The predicted molar refractivity (Wildman–Crippen MR) is 113 cm³/mol. The Balaban J connectivity index is 1.76. The Morgan fingerprint density at radius 3 is 2.34 bits per heavy atom. The Labute approximate surface area is 171 Å². The number of anilines is 1. The van der Waals surface area contributed by atoms with Crippen LogP contribution in [0.1, 0.15) is 50.0 Å². The molecule has 0 bridgehead atoms. The molecule has 0 radical (unpaired) electrons. The summed E-state index contributed by atoms with van der Waals surface area (Å²) in [5.74, 6) is -0.893. The minimum Gasteiger partial charge on any atom is -0.354 e. The minimum atomic E-state index is -0.717. The van der Waals surface area contributed by atoms with E-state index in [2.05, 4.69) is 41.7 Å². The average molecular weight is 396 g/mol. The molecular weight excluding hydrogens is 368 g/mol. The summed E-state index contributed by atoms with van der Waals surface area (Å²) in [5, 5.41) is 8.02. The third-order valence-electron chi connectivity index (χ3n) is 4.35. The lowest BCUT2D eigenvalue weighted by atomic mass is 9.86. The SMILES string of the molecule is CC(NC(=O)c1ccc(C(C)(C)C)cc1)C(=O)NCCC(=O)Nc1cccnc1. The maximum Gasteiger partial charge on any atom is 0.251 e. The number of nitrogens with one attached hydrogen (secondary N) is 3. The number of amides is 3. The van der Waals surface area contributed by atoms with Crippen molar-refractivity contribution in [2.45, 2.75) is 45.6 Å². The summed E-state index contributed by atoms with van der Waals surface area (Å²) in [6.07, 6.45) is 3.28. The van der Waals surface area contributed by atoms with E-state index in [4.69, 9.17) is 0 Å². The summed E-state index contributed by atoms with van der Waals surface area (Å²) in [7, 11) is 0. The highest BCUT2D eigenvalue weighted by molar-refractivity contribution is 5.97.